The number of rotatable bonds is 1. The van der Waals surface area contributed by atoms with E-state index in [1.54, 1.807) is 13.1 Å². The van der Waals surface area contributed by atoms with E-state index < -0.39 is 5.97 Å². The van der Waals surface area contributed by atoms with Crippen LogP contribution in [-0.2, 0) is 4.74 Å². The fraction of sp³-hybridized carbons (Fsp3) is 0.278. The Bertz CT molecular complexity index is 1100. The lowest BCUT2D eigenvalue weighted by atomic mass is 10.2. The fourth-order valence-corrected chi connectivity index (χ4v) is 2.76. The van der Waals surface area contributed by atoms with Crippen LogP contribution < -0.4 is 5.73 Å². The molecule has 0 radical (unpaired) electrons. The van der Waals surface area contributed by atoms with Gasteiger partial charge in [0, 0.05) is 12.4 Å². The number of fused-ring (bicyclic) bond motifs is 2. The van der Waals surface area contributed by atoms with Crippen LogP contribution in [0.5, 0.6) is 0 Å². The number of halogens is 1. The molecular formula is C18H22ClN7O2. The summed E-state index contributed by atoms with van der Waals surface area (Å²) in [6.07, 6.45) is 3.31. The van der Waals surface area contributed by atoms with Gasteiger partial charge < -0.3 is 20.4 Å². The van der Waals surface area contributed by atoms with Crippen LogP contribution in [0, 0.1) is 13.8 Å². The molecule has 0 aromatic carbocycles. The molecule has 4 heterocycles. The van der Waals surface area contributed by atoms with E-state index in [0.29, 0.717) is 34.1 Å². The first-order valence-corrected chi connectivity index (χ1v) is 8.95. The highest BCUT2D eigenvalue weighted by atomic mass is 35.5. The van der Waals surface area contributed by atoms with Gasteiger partial charge in [-0.2, -0.15) is 0 Å². The third kappa shape index (κ3) is 4.37. The quantitative estimate of drug-likeness (QED) is 0.326. The summed E-state index contributed by atoms with van der Waals surface area (Å²) in [6, 6.07) is 1.87. The van der Waals surface area contributed by atoms with Crippen LogP contribution in [0.1, 0.15) is 35.9 Å². The average molecular weight is 404 g/mol. The van der Waals surface area contributed by atoms with Crippen molar-refractivity contribution in [3.05, 3.63) is 40.8 Å². The van der Waals surface area contributed by atoms with Crippen molar-refractivity contribution < 1.29 is 9.53 Å². The molecule has 0 unspecified atom stereocenters. The first kappa shape index (κ1) is 21.1. The summed E-state index contributed by atoms with van der Waals surface area (Å²) in [4.78, 5) is 33.5. The first-order chi connectivity index (χ1) is 13.4. The molecule has 0 aliphatic heterocycles. The zero-order valence-corrected chi connectivity index (χ0v) is 17.0. The summed E-state index contributed by atoms with van der Waals surface area (Å²) in [5.41, 5.74) is 7.31. The molecule has 0 amide bonds. The Balaban J connectivity index is 0.000000191. The van der Waals surface area contributed by atoms with Crippen molar-refractivity contribution in [1.29, 1.82) is 0 Å². The van der Waals surface area contributed by atoms with Crippen LogP contribution in [0.3, 0.4) is 0 Å². The normalized spacial score (nSPS) is 10.1. The van der Waals surface area contributed by atoms with Crippen molar-refractivity contribution in [2.24, 2.45) is 0 Å². The van der Waals surface area contributed by atoms with Crippen molar-refractivity contribution in [1.82, 2.24) is 29.9 Å². The number of hydrogen-bond donors (Lipinski definition) is 3. The minimum Gasteiger partial charge on any atom is -0.465 e. The molecule has 0 fully saturated rings. The first-order valence-electron chi connectivity index (χ1n) is 8.57. The number of hydrogen-bond acceptors (Lipinski definition) is 7. The molecule has 10 heteroatoms. The monoisotopic (exact) mass is 403 g/mol. The second-order valence-corrected chi connectivity index (χ2v) is 5.73. The van der Waals surface area contributed by atoms with E-state index in [0.717, 1.165) is 11.0 Å². The number of carbonyl (C=O) groups excluding carboxylic acids is 1. The maximum atomic E-state index is 11.4. The zero-order valence-electron chi connectivity index (χ0n) is 16.3. The second-order valence-electron chi connectivity index (χ2n) is 5.38. The molecule has 28 heavy (non-hydrogen) atoms. The van der Waals surface area contributed by atoms with Crippen LogP contribution >= 0.6 is 11.6 Å². The SMILES string of the molecule is CC.COC(=O)c1c[nH]c2nc(C)nc(Cl)c12.Cc1nc(N)c2cc[nH]c2n1. The number of carbonyl (C=O) groups is 1. The van der Waals surface area contributed by atoms with Crippen LogP contribution in [0.25, 0.3) is 22.1 Å². The number of anilines is 1. The third-order valence-electron chi connectivity index (χ3n) is 3.56. The summed E-state index contributed by atoms with van der Waals surface area (Å²) >= 11 is 5.93. The lowest BCUT2D eigenvalue weighted by molar-refractivity contribution is 0.0603. The molecule has 0 atom stereocenters. The van der Waals surface area contributed by atoms with Gasteiger partial charge in [-0.15, -0.1) is 0 Å². The maximum Gasteiger partial charge on any atom is 0.340 e. The number of nitrogens with one attached hydrogen (secondary N) is 2. The summed E-state index contributed by atoms with van der Waals surface area (Å²) in [6.45, 7) is 7.54. The number of methoxy groups -OCH3 is 1. The Morgan fingerprint density at radius 1 is 1.07 bits per heavy atom. The standard InChI is InChI=1S/C9H8ClN3O2.C7H8N4.C2H6/c1-4-12-7(10)6-5(9(14)15-2)3-11-8(6)13-4;1-4-10-6(8)5-2-3-9-7(5)11-4;1-2/h3H,1-2H3,(H,11,12,13);2-3H,1H3,(H3,8,9,10,11);1-2H3. The molecular weight excluding hydrogens is 382 g/mol. The van der Waals surface area contributed by atoms with E-state index in [4.69, 9.17) is 17.3 Å². The molecule has 4 aromatic rings. The summed E-state index contributed by atoms with van der Waals surface area (Å²) in [5.74, 6) is 1.31. The van der Waals surface area contributed by atoms with Gasteiger partial charge in [0.1, 0.15) is 33.9 Å². The lowest BCUT2D eigenvalue weighted by Crippen LogP contribution is -2.00. The maximum absolute atomic E-state index is 11.4. The van der Waals surface area contributed by atoms with E-state index in [1.165, 1.54) is 13.3 Å². The number of nitrogens with zero attached hydrogens (tertiary/aromatic N) is 4. The van der Waals surface area contributed by atoms with Crippen LogP contribution in [0.2, 0.25) is 5.15 Å². The topological polar surface area (TPSA) is 135 Å². The molecule has 4 aromatic heterocycles. The van der Waals surface area contributed by atoms with Gasteiger partial charge in [-0.25, -0.2) is 24.7 Å². The van der Waals surface area contributed by atoms with Crippen LogP contribution in [0.15, 0.2) is 18.5 Å². The second kappa shape index (κ2) is 9.14. The van der Waals surface area contributed by atoms with Crippen LogP contribution in [-0.4, -0.2) is 43.0 Å². The Morgan fingerprint density at radius 3 is 2.39 bits per heavy atom. The molecule has 9 nitrogen and oxygen atoms in total. The van der Waals surface area contributed by atoms with E-state index in [2.05, 4.69) is 34.6 Å². The number of aryl methyl sites for hydroxylation is 2. The van der Waals surface area contributed by atoms with E-state index in [1.807, 2.05) is 26.8 Å². The molecule has 148 valence electrons. The molecule has 0 saturated carbocycles. The number of nitrogen functional groups attached to an aromatic ring is 1. The van der Waals surface area contributed by atoms with Gasteiger partial charge >= 0.3 is 5.97 Å². The predicted octanol–water partition coefficient (Wildman–Crippen LogP) is 3.58. The van der Waals surface area contributed by atoms with Crippen molar-refractivity contribution in [2.75, 3.05) is 12.8 Å². The molecule has 0 aliphatic rings. The van der Waals surface area contributed by atoms with Crippen molar-refractivity contribution in [3.8, 4) is 0 Å². The molecule has 0 spiro atoms. The smallest absolute Gasteiger partial charge is 0.340 e. The van der Waals surface area contributed by atoms with Gasteiger partial charge in [0.05, 0.1) is 23.4 Å². The molecule has 0 saturated heterocycles. The van der Waals surface area contributed by atoms with Gasteiger partial charge in [-0.05, 0) is 19.9 Å². The Morgan fingerprint density at radius 2 is 1.71 bits per heavy atom. The average Bonchev–Trinajstić information content (AvgIpc) is 3.30. The number of aromatic amines is 2. The summed E-state index contributed by atoms with van der Waals surface area (Å²) in [7, 11) is 1.31. The van der Waals surface area contributed by atoms with Crippen molar-refractivity contribution in [3.63, 3.8) is 0 Å². The van der Waals surface area contributed by atoms with Gasteiger partial charge in [0.15, 0.2) is 0 Å². The predicted molar refractivity (Wildman–Crippen MR) is 109 cm³/mol. The number of ether oxygens (including phenoxy) is 1. The van der Waals surface area contributed by atoms with E-state index in [-0.39, 0.29) is 5.15 Å². The van der Waals surface area contributed by atoms with Gasteiger partial charge in [0.25, 0.3) is 0 Å². The summed E-state index contributed by atoms with van der Waals surface area (Å²) in [5, 5.41) is 1.63. The Hall–Kier alpha value is -3.20. The minimum atomic E-state index is -0.462. The van der Waals surface area contributed by atoms with Gasteiger partial charge in [-0.1, -0.05) is 25.4 Å². The number of aromatic nitrogens is 6. The largest absolute Gasteiger partial charge is 0.465 e. The van der Waals surface area contributed by atoms with Gasteiger partial charge in [-0.3, -0.25) is 0 Å². The number of nitrogens with two attached hydrogens (primary N) is 1. The Labute approximate surface area is 166 Å². The highest BCUT2D eigenvalue weighted by Crippen LogP contribution is 2.24. The molecule has 4 N–H and O–H groups in total. The van der Waals surface area contributed by atoms with Crippen LogP contribution in [0.4, 0.5) is 5.82 Å². The zero-order chi connectivity index (χ0) is 20.8. The van der Waals surface area contributed by atoms with Crippen molar-refractivity contribution in [2.45, 2.75) is 27.7 Å². The van der Waals surface area contributed by atoms with Gasteiger partial charge in [0.2, 0.25) is 0 Å². The molecule has 4 rings (SSSR count). The summed E-state index contributed by atoms with van der Waals surface area (Å²) < 4.78 is 4.61. The Kier molecular flexibility index (Phi) is 6.89. The lowest BCUT2D eigenvalue weighted by Gasteiger charge is -1.98. The third-order valence-corrected chi connectivity index (χ3v) is 3.84. The fourth-order valence-electron chi connectivity index (χ4n) is 2.45. The highest BCUT2D eigenvalue weighted by Gasteiger charge is 2.16. The molecule has 0 aliphatic carbocycles. The minimum absolute atomic E-state index is 0.249. The highest BCUT2D eigenvalue weighted by molar-refractivity contribution is 6.35. The molecule has 0 bridgehead atoms. The number of H-pyrrole nitrogens is 2. The van der Waals surface area contributed by atoms with E-state index in [9.17, 15) is 4.79 Å². The van der Waals surface area contributed by atoms with Crippen molar-refractivity contribution >= 4 is 45.5 Å². The number of esters is 1. The van der Waals surface area contributed by atoms with E-state index >= 15 is 0 Å².